The molecule has 0 heterocycles. The molecule has 0 aromatic heterocycles. The summed E-state index contributed by atoms with van der Waals surface area (Å²) >= 11 is 0. The van der Waals surface area contributed by atoms with Crippen molar-refractivity contribution >= 4 is 19.7 Å². The first-order valence-corrected chi connectivity index (χ1v) is 30.9. The van der Waals surface area contributed by atoms with Crippen molar-refractivity contribution in [3.05, 3.63) is 122 Å². The normalized spacial score (nSPS) is 14.6. The zero-order valence-electron chi connectivity index (χ0n) is 48.0. The van der Waals surface area contributed by atoms with E-state index in [9.17, 15) is 19.0 Å². The summed E-state index contributed by atoms with van der Waals surface area (Å²) in [5, 5.41) is 3.03. The molecule has 0 radical (unpaired) electrons. The summed E-state index contributed by atoms with van der Waals surface area (Å²) in [4.78, 5) is 37.6. The molecule has 0 aromatic carbocycles. The van der Waals surface area contributed by atoms with E-state index in [-0.39, 0.29) is 31.5 Å². The molecule has 422 valence electrons. The zero-order chi connectivity index (χ0) is 54.3. The van der Waals surface area contributed by atoms with E-state index in [2.05, 4.69) is 129 Å². The van der Waals surface area contributed by atoms with E-state index >= 15 is 0 Å². The maximum absolute atomic E-state index is 13.5. The number of likely N-dealkylation sites (N-methyl/N-ethyl adjacent to an activating group) is 1. The Balaban J connectivity index is 5.34. The third-order valence-electron chi connectivity index (χ3n) is 12.2. The van der Waals surface area contributed by atoms with Crippen molar-refractivity contribution in [1.82, 2.24) is 5.32 Å². The highest BCUT2D eigenvalue weighted by Gasteiger charge is 2.30. The monoisotopic (exact) mass is 1050 g/mol. The number of nitrogens with zero attached hydrogens (tertiary/aromatic N) is 1. The minimum Gasteiger partial charge on any atom is -0.456 e. The third-order valence-corrected chi connectivity index (χ3v) is 13.2. The van der Waals surface area contributed by atoms with Crippen LogP contribution in [0.2, 0.25) is 0 Å². The smallest absolute Gasteiger partial charge is 0.456 e. The number of unbranched alkanes of at least 4 members (excludes halogenated alkanes) is 19. The van der Waals surface area contributed by atoms with Crippen molar-refractivity contribution in [1.29, 1.82) is 0 Å². The van der Waals surface area contributed by atoms with Gasteiger partial charge in [0.15, 0.2) is 0 Å². The molecule has 3 unspecified atom stereocenters. The Morgan fingerprint density at radius 2 is 0.932 bits per heavy atom. The molecule has 74 heavy (non-hydrogen) atoms. The van der Waals surface area contributed by atoms with Gasteiger partial charge in [-0.15, -0.1) is 0 Å². The van der Waals surface area contributed by atoms with Crippen molar-refractivity contribution < 1.29 is 37.3 Å². The molecule has 0 aliphatic carbocycles. The van der Waals surface area contributed by atoms with Crippen molar-refractivity contribution in [2.75, 3.05) is 40.9 Å². The maximum Gasteiger partial charge on any atom is 0.472 e. The Hall–Kier alpha value is -3.59. The van der Waals surface area contributed by atoms with E-state index < -0.39 is 20.0 Å². The van der Waals surface area contributed by atoms with Crippen LogP contribution < -0.4 is 5.32 Å². The van der Waals surface area contributed by atoms with Crippen LogP contribution in [0.5, 0.6) is 0 Å². The predicted octanol–water partition coefficient (Wildman–Crippen LogP) is 17.9. The number of hydrogen-bond donors (Lipinski definition) is 2. The lowest BCUT2D eigenvalue weighted by Crippen LogP contribution is -2.47. The number of hydrogen-bond acceptors (Lipinski definition) is 6. The minimum atomic E-state index is -4.47. The number of nitrogens with one attached hydrogen (secondary N) is 1. The van der Waals surface area contributed by atoms with E-state index in [0.29, 0.717) is 30.3 Å². The van der Waals surface area contributed by atoms with E-state index in [1.165, 1.54) is 51.4 Å². The average molecular weight is 1050 g/mol. The first-order chi connectivity index (χ1) is 35.9. The van der Waals surface area contributed by atoms with Crippen molar-refractivity contribution in [3.63, 3.8) is 0 Å². The summed E-state index contributed by atoms with van der Waals surface area (Å²) < 4.78 is 30.6. The fraction of sp³-hybridized carbons (Fsp3) is 0.656. The Kier molecular flexibility index (Phi) is 50.3. The molecule has 0 saturated carbocycles. The number of carbonyl (C=O) groups is 2. The van der Waals surface area contributed by atoms with Gasteiger partial charge in [-0.05, 0) is 102 Å². The maximum atomic E-state index is 13.5. The van der Waals surface area contributed by atoms with Crippen LogP contribution in [0.25, 0.3) is 0 Å². The van der Waals surface area contributed by atoms with Crippen LogP contribution >= 0.6 is 7.82 Å². The highest BCUT2D eigenvalue weighted by molar-refractivity contribution is 7.47. The molecule has 3 atom stereocenters. The number of amides is 1. The molecule has 10 heteroatoms. The molecule has 0 aromatic rings. The number of quaternary nitrogens is 1. The molecule has 0 rings (SSSR count). The summed E-state index contributed by atoms with van der Waals surface area (Å²) in [5.41, 5.74) is 0. The van der Waals surface area contributed by atoms with Gasteiger partial charge in [0.25, 0.3) is 0 Å². The number of phosphoric ester groups is 1. The average Bonchev–Trinajstić information content (AvgIpc) is 3.36. The number of phosphoric acid groups is 1. The van der Waals surface area contributed by atoms with Crippen LogP contribution in [-0.2, 0) is 27.9 Å². The number of carbonyl (C=O) groups excluding carboxylic acids is 2. The lowest BCUT2D eigenvalue weighted by atomic mass is 10.0. The lowest BCUT2D eigenvalue weighted by molar-refractivity contribution is -0.870. The molecule has 9 nitrogen and oxygen atoms in total. The van der Waals surface area contributed by atoms with Crippen LogP contribution in [0, 0.1) is 0 Å². The summed E-state index contributed by atoms with van der Waals surface area (Å²) in [6, 6.07) is -0.878. The number of allylic oxidation sites excluding steroid dienone is 19. The summed E-state index contributed by atoms with van der Waals surface area (Å²) in [7, 11) is 1.44. The van der Waals surface area contributed by atoms with Crippen molar-refractivity contribution in [3.8, 4) is 0 Å². The first-order valence-electron chi connectivity index (χ1n) is 29.4. The fourth-order valence-electron chi connectivity index (χ4n) is 7.71. The fourth-order valence-corrected chi connectivity index (χ4v) is 8.44. The van der Waals surface area contributed by atoms with Crippen LogP contribution in [-0.4, -0.2) is 74.3 Å². The van der Waals surface area contributed by atoms with Gasteiger partial charge < -0.3 is 19.4 Å². The van der Waals surface area contributed by atoms with Crippen molar-refractivity contribution in [2.45, 2.75) is 232 Å². The molecule has 0 aliphatic rings. The van der Waals surface area contributed by atoms with Crippen LogP contribution in [0.1, 0.15) is 220 Å². The summed E-state index contributed by atoms with van der Waals surface area (Å²) in [5.74, 6) is -0.569. The molecule has 0 fully saturated rings. The first kappa shape index (κ1) is 70.4. The minimum absolute atomic E-state index is 0.0244. The summed E-state index contributed by atoms with van der Waals surface area (Å²) in [6.07, 6.45) is 73.4. The molecule has 0 spiro atoms. The van der Waals surface area contributed by atoms with E-state index in [4.69, 9.17) is 13.8 Å². The van der Waals surface area contributed by atoms with Gasteiger partial charge in [0.1, 0.15) is 19.3 Å². The van der Waals surface area contributed by atoms with Crippen molar-refractivity contribution in [2.24, 2.45) is 0 Å². The van der Waals surface area contributed by atoms with Crippen LogP contribution in [0.3, 0.4) is 0 Å². The highest BCUT2D eigenvalue weighted by Crippen LogP contribution is 2.43. The second-order valence-corrected chi connectivity index (χ2v) is 21.9. The SMILES string of the molecule is CC/C=C\C/C=C\C/C=C\C/C=C\C/C=C\C/C=C\CCCCCCC(=O)NC(COP(=O)(O)OCC[N+](C)(C)C)C(/C=C\CCCCCCCCCCCC)OC(=O)CCCCCCC\C=C/C=C/C=C/CC. The van der Waals surface area contributed by atoms with Crippen LogP contribution in [0.4, 0.5) is 0 Å². The zero-order valence-corrected chi connectivity index (χ0v) is 48.9. The Labute approximate surface area is 454 Å². The van der Waals surface area contributed by atoms with E-state index in [1.807, 2.05) is 39.4 Å². The third kappa shape index (κ3) is 53.2. The number of esters is 1. The van der Waals surface area contributed by atoms with E-state index in [1.54, 1.807) is 0 Å². The lowest BCUT2D eigenvalue weighted by Gasteiger charge is -2.27. The number of rotatable bonds is 51. The van der Waals surface area contributed by atoms with Gasteiger partial charge in [0, 0.05) is 12.8 Å². The quantitative estimate of drug-likeness (QED) is 0.0156. The molecular weight excluding hydrogens is 940 g/mol. The largest absolute Gasteiger partial charge is 0.472 e. The molecular formula is C64H110N2O7P+. The standard InChI is InChI=1S/C64H109N2O7P/c1-7-10-13-16-19-22-25-28-29-30-31-32-33-34-35-36-37-39-41-44-47-50-53-56-63(67)65-61(60-72-74(69,70)71-59-58-66(4,5)6)62(55-52-49-46-43-40-27-24-21-18-15-12-9-3)73-64(68)57-54-51-48-45-42-38-26-23-20-17-14-11-8-2/h10-11,13-14,17,19-20,22-23,26,28-29,31-32,34-35,37,39,52,55,61-62H,7-9,12,15-16,18,21,24-25,27,30,33,36,38,40-51,53-54,56-60H2,1-6H3,(H-,65,67,69,70)/p+1/b13-10-,14-11+,20-17+,22-19-,26-23-,29-28-,32-31-,35-34-,39-37-,55-52-. The Morgan fingerprint density at radius 3 is 1.45 bits per heavy atom. The molecule has 2 N–H and O–H groups in total. The topological polar surface area (TPSA) is 111 Å². The molecule has 0 bridgehead atoms. The molecule has 0 saturated heterocycles. The van der Waals surface area contributed by atoms with Crippen LogP contribution in [0.15, 0.2) is 122 Å². The summed E-state index contributed by atoms with van der Waals surface area (Å²) in [6.45, 7) is 6.70. The number of ether oxygens (including phenoxy) is 1. The highest BCUT2D eigenvalue weighted by atomic mass is 31.2. The predicted molar refractivity (Wildman–Crippen MR) is 318 cm³/mol. The van der Waals surface area contributed by atoms with Gasteiger partial charge in [-0.25, -0.2) is 4.57 Å². The Morgan fingerprint density at radius 1 is 0.500 bits per heavy atom. The van der Waals surface area contributed by atoms with E-state index in [0.717, 1.165) is 122 Å². The van der Waals surface area contributed by atoms with Gasteiger partial charge in [-0.3, -0.25) is 18.6 Å². The second-order valence-electron chi connectivity index (χ2n) is 20.5. The van der Waals surface area contributed by atoms with Gasteiger partial charge >= 0.3 is 13.8 Å². The van der Waals surface area contributed by atoms with Gasteiger partial charge in [-0.1, -0.05) is 226 Å². The van der Waals surface area contributed by atoms with Gasteiger partial charge in [0.05, 0.1) is 33.8 Å². The van der Waals surface area contributed by atoms with Gasteiger partial charge in [-0.2, -0.15) is 0 Å². The second kappa shape index (κ2) is 52.8. The Bertz CT molecular complexity index is 1680. The molecule has 1 amide bonds. The van der Waals surface area contributed by atoms with Gasteiger partial charge in [0.2, 0.25) is 5.91 Å². The molecule has 0 aliphatic heterocycles.